The lowest BCUT2D eigenvalue weighted by atomic mass is 10.1. The molecule has 2 bridgehead atoms. The standard InChI is InChI=1S/C16H10F3N3O3/c1-20-9-3-2-6(4-8(9)16(17,18)19)21-14(23)11-7-5-10(13-12(7)25-13)22(11)15(21)24/h2-4,7,10,12-13,23H,5H2/t7?,10?,12-,13+/m0/s1. The van der Waals surface area contributed by atoms with Crippen molar-refractivity contribution in [1.29, 1.82) is 0 Å². The summed E-state index contributed by atoms with van der Waals surface area (Å²) in [5.41, 5.74) is -1.95. The number of aromatic nitrogens is 2. The third-order valence-electron chi connectivity index (χ3n) is 5.28. The Morgan fingerprint density at radius 2 is 2.08 bits per heavy atom. The van der Waals surface area contributed by atoms with Gasteiger partial charge in [0.25, 0.3) is 0 Å². The molecular weight excluding hydrogens is 339 g/mol. The van der Waals surface area contributed by atoms with Gasteiger partial charge < -0.3 is 9.84 Å². The molecule has 6 nitrogen and oxygen atoms in total. The zero-order valence-electron chi connectivity index (χ0n) is 12.5. The van der Waals surface area contributed by atoms with Gasteiger partial charge in [-0.05, 0) is 18.6 Å². The van der Waals surface area contributed by atoms with Gasteiger partial charge >= 0.3 is 11.9 Å². The maximum absolute atomic E-state index is 13.2. The summed E-state index contributed by atoms with van der Waals surface area (Å²) in [6.45, 7) is 6.88. The zero-order valence-corrected chi connectivity index (χ0v) is 12.5. The molecule has 3 aliphatic rings. The topological polar surface area (TPSA) is 64.0 Å². The minimum Gasteiger partial charge on any atom is -0.493 e. The van der Waals surface area contributed by atoms with Crippen LogP contribution in [0, 0.1) is 6.57 Å². The highest BCUT2D eigenvalue weighted by Gasteiger charge is 2.64. The van der Waals surface area contributed by atoms with E-state index in [1.165, 1.54) is 10.6 Å². The summed E-state index contributed by atoms with van der Waals surface area (Å²) in [7, 11) is 0. The van der Waals surface area contributed by atoms with Gasteiger partial charge in [-0.1, -0.05) is 6.07 Å². The number of imidazole rings is 1. The number of rotatable bonds is 1. The third-order valence-corrected chi connectivity index (χ3v) is 5.28. The van der Waals surface area contributed by atoms with Gasteiger partial charge in [0.05, 0.1) is 35.7 Å². The first kappa shape index (κ1) is 14.6. The lowest BCUT2D eigenvalue weighted by molar-refractivity contribution is -0.136. The number of ether oxygens (including phenoxy) is 1. The monoisotopic (exact) mass is 349 g/mol. The third kappa shape index (κ3) is 1.69. The first-order chi connectivity index (χ1) is 11.8. The highest BCUT2D eigenvalue weighted by Crippen LogP contribution is 2.60. The summed E-state index contributed by atoms with van der Waals surface area (Å²) < 4.78 is 47.3. The molecule has 1 aromatic carbocycles. The number of alkyl halides is 3. The van der Waals surface area contributed by atoms with Crippen molar-refractivity contribution in [2.45, 2.75) is 36.8 Å². The molecule has 2 aromatic rings. The zero-order chi connectivity index (χ0) is 17.7. The molecule has 0 radical (unpaired) electrons. The Morgan fingerprint density at radius 1 is 1.32 bits per heavy atom. The molecule has 2 fully saturated rings. The van der Waals surface area contributed by atoms with Gasteiger partial charge in [-0.25, -0.2) is 14.2 Å². The second-order valence-electron chi connectivity index (χ2n) is 6.48. The Hall–Kier alpha value is -2.73. The van der Waals surface area contributed by atoms with Crippen LogP contribution in [0.15, 0.2) is 23.0 Å². The van der Waals surface area contributed by atoms with Crippen molar-refractivity contribution in [1.82, 2.24) is 9.13 Å². The van der Waals surface area contributed by atoms with E-state index in [-0.39, 0.29) is 35.7 Å². The molecule has 5 rings (SSSR count). The number of halogens is 3. The van der Waals surface area contributed by atoms with E-state index in [4.69, 9.17) is 11.3 Å². The fraction of sp³-hybridized carbons (Fsp3) is 0.375. The highest BCUT2D eigenvalue weighted by atomic mass is 19.4. The predicted octanol–water partition coefficient (Wildman–Crippen LogP) is 2.72. The Bertz CT molecular complexity index is 1030. The van der Waals surface area contributed by atoms with Crippen molar-refractivity contribution < 1.29 is 23.0 Å². The van der Waals surface area contributed by atoms with Crippen LogP contribution in [0.25, 0.3) is 10.5 Å². The maximum Gasteiger partial charge on any atom is 0.407 e. The van der Waals surface area contributed by atoms with Gasteiger partial charge in [-0.2, -0.15) is 13.2 Å². The average Bonchev–Trinajstić information content (AvgIpc) is 3.08. The number of hydrogen-bond acceptors (Lipinski definition) is 3. The van der Waals surface area contributed by atoms with Crippen molar-refractivity contribution in [2.24, 2.45) is 0 Å². The molecular formula is C16H10F3N3O3. The van der Waals surface area contributed by atoms with Gasteiger partial charge in [0.2, 0.25) is 5.88 Å². The van der Waals surface area contributed by atoms with Crippen molar-refractivity contribution in [3.05, 3.63) is 51.4 Å². The Balaban J connectivity index is 1.71. The van der Waals surface area contributed by atoms with Crippen molar-refractivity contribution in [2.75, 3.05) is 0 Å². The van der Waals surface area contributed by atoms with Gasteiger partial charge in [0.15, 0.2) is 5.69 Å². The normalized spacial score (nSPS) is 28.6. The second kappa shape index (κ2) is 4.26. The van der Waals surface area contributed by atoms with Crippen LogP contribution in [0.3, 0.4) is 0 Å². The molecule has 0 amide bonds. The summed E-state index contributed by atoms with van der Waals surface area (Å²) in [5, 5.41) is 10.5. The van der Waals surface area contributed by atoms with E-state index in [9.17, 15) is 23.1 Å². The van der Waals surface area contributed by atoms with Gasteiger partial charge in [-0.3, -0.25) is 4.57 Å². The SMILES string of the molecule is [C-]#[N+]c1ccc(-n2c(O)c3n(c2=O)C2CC3[C@@H]3O[C@H]23)cc1C(F)(F)F. The van der Waals surface area contributed by atoms with Gasteiger partial charge in [0, 0.05) is 5.92 Å². The van der Waals surface area contributed by atoms with Crippen molar-refractivity contribution in [3.8, 4) is 11.6 Å². The summed E-state index contributed by atoms with van der Waals surface area (Å²) in [6, 6.07) is 2.80. The van der Waals surface area contributed by atoms with Crippen LogP contribution in [0.1, 0.15) is 29.6 Å². The summed E-state index contributed by atoms with van der Waals surface area (Å²) in [6.07, 6.45) is -4.08. The van der Waals surface area contributed by atoms with Crippen LogP contribution in [-0.2, 0) is 10.9 Å². The minimum absolute atomic E-state index is 0.0126. The first-order valence-electron chi connectivity index (χ1n) is 7.63. The average molecular weight is 349 g/mol. The Labute approximate surface area is 138 Å². The number of hydrogen-bond donors (Lipinski definition) is 1. The van der Waals surface area contributed by atoms with E-state index >= 15 is 0 Å². The fourth-order valence-corrected chi connectivity index (χ4v) is 4.23. The van der Waals surface area contributed by atoms with Crippen LogP contribution < -0.4 is 5.69 Å². The second-order valence-corrected chi connectivity index (χ2v) is 6.48. The van der Waals surface area contributed by atoms with Gasteiger partial charge in [0.1, 0.15) is 6.10 Å². The summed E-state index contributed by atoms with van der Waals surface area (Å²) >= 11 is 0. The maximum atomic E-state index is 13.2. The Morgan fingerprint density at radius 3 is 2.76 bits per heavy atom. The minimum atomic E-state index is -4.73. The number of epoxide rings is 1. The van der Waals surface area contributed by atoms with Crippen LogP contribution in [0.2, 0.25) is 0 Å². The van der Waals surface area contributed by atoms with E-state index in [1.807, 2.05) is 0 Å². The van der Waals surface area contributed by atoms with Crippen molar-refractivity contribution in [3.63, 3.8) is 0 Å². The molecule has 128 valence electrons. The van der Waals surface area contributed by atoms with Crippen LogP contribution in [0.4, 0.5) is 18.9 Å². The number of fused-ring (bicyclic) bond motifs is 8. The van der Waals surface area contributed by atoms with E-state index in [0.717, 1.165) is 16.7 Å². The molecule has 0 spiro atoms. The van der Waals surface area contributed by atoms with E-state index < -0.39 is 23.1 Å². The van der Waals surface area contributed by atoms with E-state index in [2.05, 4.69) is 4.85 Å². The molecule has 25 heavy (non-hydrogen) atoms. The number of aromatic hydroxyl groups is 1. The number of nitrogens with zero attached hydrogens (tertiary/aromatic N) is 3. The van der Waals surface area contributed by atoms with E-state index in [1.54, 1.807) is 0 Å². The van der Waals surface area contributed by atoms with Crippen LogP contribution >= 0.6 is 0 Å². The molecule has 3 heterocycles. The molecule has 4 atom stereocenters. The molecule has 2 aliphatic heterocycles. The number of benzene rings is 1. The molecule has 1 aromatic heterocycles. The lowest BCUT2D eigenvalue weighted by Crippen LogP contribution is -2.28. The van der Waals surface area contributed by atoms with Crippen molar-refractivity contribution >= 4 is 5.69 Å². The molecule has 2 unspecified atom stereocenters. The molecule has 1 aliphatic carbocycles. The predicted molar refractivity (Wildman–Crippen MR) is 78.0 cm³/mol. The molecule has 1 saturated heterocycles. The fourth-order valence-electron chi connectivity index (χ4n) is 4.23. The van der Waals surface area contributed by atoms with Crippen LogP contribution in [-0.4, -0.2) is 26.4 Å². The van der Waals surface area contributed by atoms with Crippen LogP contribution in [0.5, 0.6) is 5.88 Å². The largest absolute Gasteiger partial charge is 0.493 e. The smallest absolute Gasteiger partial charge is 0.407 e. The summed E-state index contributed by atoms with van der Waals surface area (Å²) in [5.74, 6) is -0.455. The molecule has 9 heteroatoms. The lowest BCUT2D eigenvalue weighted by Gasteiger charge is -2.12. The van der Waals surface area contributed by atoms with Gasteiger partial charge in [-0.15, -0.1) is 0 Å². The summed E-state index contributed by atoms with van der Waals surface area (Å²) in [4.78, 5) is 15.6. The molecule has 1 saturated carbocycles. The first-order valence-corrected chi connectivity index (χ1v) is 7.63. The quantitative estimate of drug-likeness (QED) is 0.636. The Kier molecular flexibility index (Phi) is 2.49. The van der Waals surface area contributed by atoms with E-state index in [0.29, 0.717) is 12.1 Å². The highest BCUT2D eigenvalue weighted by molar-refractivity contribution is 5.59. The molecule has 1 N–H and O–H groups in total.